The summed E-state index contributed by atoms with van der Waals surface area (Å²) in [6, 6.07) is 5.61. The standard InChI is InChI=1S/C13H17NO8/c15-5-9-10(16)11(17)13(20,22-9)6-21-14-8-3-1-7(2-4-8)12(18)19/h1-4,9-11,14-17,20H,5-6H2,(H,18,19)/t9-,10-,11+,13?/m1/s1. The van der Waals surface area contributed by atoms with Crippen molar-refractivity contribution in [2.24, 2.45) is 0 Å². The molecule has 0 aromatic heterocycles. The SMILES string of the molecule is O=C(O)c1ccc(NOCC2(O)O[C@H](CO)[C@@H](O)[C@@H]2O)cc1. The molecule has 1 heterocycles. The van der Waals surface area contributed by atoms with E-state index >= 15 is 0 Å². The second-order valence-electron chi connectivity index (χ2n) is 4.89. The Morgan fingerprint density at radius 1 is 1.32 bits per heavy atom. The number of carboxylic acids is 1. The minimum atomic E-state index is -2.17. The smallest absolute Gasteiger partial charge is 0.335 e. The molecule has 22 heavy (non-hydrogen) atoms. The number of carbonyl (C=O) groups is 1. The van der Waals surface area contributed by atoms with Crippen LogP contribution in [0.1, 0.15) is 10.4 Å². The Hall–Kier alpha value is -1.75. The Morgan fingerprint density at radius 3 is 2.45 bits per heavy atom. The molecule has 1 aliphatic heterocycles. The largest absolute Gasteiger partial charge is 0.478 e. The highest BCUT2D eigenvalue weighted by atomic mass is 16.7. The maximum absolute atomic E-state index is 10.7. The predicted octanol–water partition coefficient (Wildman–Crippen LogP) is -1.47. The van der Waals surface area contributed by atoms with E-state index in [1.165, 1.54) is 24.3 Å². The number of benzene rings is 1. The highest BCUT2D eigenvalue weighted by molar-refractivity contribution is 5.87. The van der Waals surface area contributed by atoms with Crippen molar-refractivity contribution in [1.29, 1.82) is 0 Å². The number of aliphatic hydroxyl groups is 4. The molecule has 0 bridgehead atoms. The monoisotopic (exact) mass is 315 g/mol. The molecule has 9 nitrogen and oxygen atoms in total. The van der Waals surface area contributed by atoms with Crippen LogP contribution in [0.15, 0.2) is 24.3 Å². The molecule has 122 valence electrons. The van der Waals surface area contributed by atoms with Gasteiger partial charge in [-0.15, -0.1) is 0 Å². The van der Waals surface area contributed by atoms with Gasteiger partial charge in [-0.1, -0.05) is 0 Å². The summed E-state index contributed by atoms with van der Waals surface area (Å²) < 4.78 is 4.97. The molecule has 1 aliphatic rings. The van der Waals surface area contributed by atoms with Crippen LogP contribution in [0, 0.1) is 0 Å². The summed E-state index contributed by atoms with van der Waals surface area (Å²) in [5, 5.41) is 47.0. The maximum Gasteiger partial charge on any atom is 0.335 e. The van der Waals surface area contributed by atoms with Crippen molar-refractivity contribution in [2.45, 2.75) is 24.1 Å². The van der Waals surface area contributed by atoms with E-state index in [1.54, 1.807) is 0 Å². The maximum atomic E-state index is 10.7. The van der Waals surface area contributed by atoms with Crippen LogP contribution >= 0.6 is 0 Å². The van der Waals surface area contributed by atoms with Crippen molar-refractivity contribution in [3.63, 3.8) is 0 Å². The Labute approximate surface area is 125 Å². The van der Waals surface area contributed by atoms with E-state index in [0.29, 0.717) is 5.69 Å². The molecule has 1 fully saturated rings. The summed E-state index contributed by atoms with van der Waals surface area (Å²) >= 11 is 0. The lowest BCUT2D eigenvalue weighted by molar-refractivity contribution is -0.251. The zero-order valence-electron chi connectivity index (χ0n) is 11.4. The lowest BCUT2D eigenvalue weighted by Gasteiger charge is -2.25. The average molecular weight is 315 g/mol. The molecule has 0 radical (unpaired) electrons. The van der Waals surface area contributed by atoms with Gasteiger partial charge in [0.2, 0.25) is 5.79 Å². The van der Waals surface area contributed by atoms with E-state index in [2.05, 4.69) is 5.48 Å². The number of carboxylic acid groups (broad SMARTS) is 1. The van der Waals surface area contributed by atoms with Gasteiger partial charge in [0.05, 0.1) is 17.9 Å². The van der Waals surface area contributed by atoms with E-state index < -0.39 is 43.3 Å². The molecule has 0 amide bonds. The first-order valence-corrected chi connectivity index (χ1v) is 6.46. The highest BCUT2D eigenvalue weighted by Gasteiger charge is 2.53. The van der Waals surface area contributed by atoms with Crippen LogP contribution in [0.25, 0.3) is 0 Å². The van der Waals surface area contributed by atoms with Gasteiger partial charge in [-0.25, -0.2) is 4.79 Å². The van der Waals surface area contributed by atoms with Gasteiger partial charge in [-0.05, 0) is 24.3 Å². The van der Waals surface area contributed by atoms with E-state index in [0.717, 1.165) is 0 Å². The van der Waals surface area contributed by atoms with Crippen molar-refractivity contribution >= 4 is 11.7 Å². The van der Waals surface area contributed by atoms with Gasteiger partial charge < -0.3 is 30.3 Å². The number of ether oxygens (including phenoxy) is 1. The quantitative estimate of drug-likeness (QED) is 0.346. The number of nitrogens with one attached hydrogen (secondary N) is 1. The summed E-state index contributed by atoms with van der Waals surface area (Å²) in [5.41, 5.74) is 2.96. The third-order valence-electron chi connectivity index (χ3n) is 3.30. The van der Waals surface area contributed by atoms with Crippen molar-refractivity contribution in [1.82, 2.24) is 0 Å². The minimum Gasteiger partial charge on any atom is -0.478 e. The van der Waals surface area contributed by atoms with Gasteiger partial charge >= 0.3 is 5.97 Å². The van der Waals surface area contributed by atoms with Gasteiger partial charge in [0.25, 0.3) is 0 Å². The molecular weight excluding hydrogens is 298 g/mol. The Bertz CT molecular complexity index is 521. The molecule has 1 aromatic rings. The fourth-order valence-corrected chi connectivity index (χ4v) is 2.04. The molecule has 0 saturated carbocycles. The lowest BCUT2D eigenvalue weighted by atomic mass is 10.1. The predicted molar refractivity (Wildman–Crippen MR) is 71.9 cm³/mol. The summed E-state index contributed by atoms with van der Waals surface area (Å²) in [5.74, 6) is -3.23. The molecular formula is C13H17NO8. The third-order valence-corrected chi connectivity index (χ3v) is 3.30. The van der Waals surface area contributed by atoms with Gasteiger partial charge in [0.15, 0.2) is 0 Å². The van der Waals surface area contributed by atoms with Crippen LogP contribution in [0.2, 0.25) is 0 Å². The second kappa shape index (κ2) is 6.57. The topological polar surface area (TPSA) is 149 Å². The molecule has 2 rings (SSSR count). The number of hydrogen-bond acceptors (Lipinski definition) is 8. The van der Waals surface area contributed by atoms with Crippen molar-refractivity contribution in [2.75, 3.05) is 18.7 Å². The summed E-state index contributed by atoms with van der Waals surface area (Å²) in [7, 11) is 0. The van der Waals surface area contributed by atoms with Crippen molar-refractivity contribution in [3.8, 4) is 0 Å². The molecule has 4 atom stereocenters. The molecule has 0 spiro atoms. The molecule has 9 heteroatoms. The number of hydrogen-bond donors (Lipinski definition) is 6. The first kappa shape index (κ1) is 16.6. The third kappa shape index (κ3) is 3.35. The van der Waals surface area contributed by atoms with E-state index in [-0.39, 0.29) is 5.56 Å². The Morgan fingerprint density at radius 2 is 1.95 bits per heavy atom. The number of aromatic carboxylic acids is 1. The van der Waals surface area contributed by atoms with Gasteiger partial charge in [0, 0.05) is 0 Å². The first-order chi connectivity index (χ1) is 10.4. The zero-order valence-corrected chi connectivity index (χ0v) is 11.4. The molecule has 0 aliphatic carbocycles. The first-order valence-electron chi connectivity index (χ1n) is 6.46. The van der Waals surface area contributed by atoms with Crippen LogP contribution in [0.5, 0.6) is 0 Å². The fourth-order valence-electron chi connectivity index (χ4n) is 2.04. The summed E-state index contributed by atoms with van der Waals surface area (Å²) in [6.07, 6.45) is -4.19. The number of aliphatic hydroxyl groups excluding tert-OH is 3. The van der Waals surface area contributed by atoms with Gasteiger partial charge in [-0.3, -0.25) is 10.3 Å². The normalized spacial score (nSPS) is 31.2. The minimum absolute atomic E-state index is 0.104. The van der Waals surface area contributed by atoms with E-state index in [9.17, 15) is 20.1 Å². The van der Waals surface area contributed by atoms with Crippen molar-refractivity contribution < 1.29 is 39.9 Å². The van der Waals surface area contributed by atoms with Crippen LogP contribution in [0.3, 0.4) is 0 Å². The van der Waals surface area contributed by atoms with E-state index in [1.807, 2.05) is 0 Å². The average Bonchev–Trinajstić information content (AvgIpc) is 2.72. The highest BCUT2D eigenvalue weighted by Crippen LogP contribution is 2.29. The number of anilines is 1. The number of rotatable bonds is 6. The van der Waals surface area contributed by atoms with Crippen molar-refractivity contribution in [3.05, 3.63) is 29.8 Å². The molecule has 1 aromatic carbocycles. The zero-order chi connectivity index (χ0) is 16.3. The second-order valence-corrected chi connectivity index (χ2v) is 4.89. The van der Waals surface area contributed by atoms with Gasteiger partial charge in [0.1, 0.15) is 24.9 Å². The molecule has 1 unspecified atom stereocenters. The van der Waals surface area contributed by atoms with Crippen LogP contribution in [0.4, 0.5) is 5.69 Å². The Kier molecular flexibility index (Phi) is 4.96. The van der Waals surface area contributed by atoms with Crippen LogP contribution in [-0.2, 0) is 9.57 Å². The van der Waals surface area contributed by atoms with E-state index in [4.69, 9.17) is 19.8 Å². The van der Waals surface area contributed by atoms with Gasteiger partial charge in [-0.2, -0.15) is 0 Å². The fraction of sp³-hybridized carbons (Fsp3) is 0.462. The lowest BCUT2D eigenvalue weighted by Crippen LogP contribution is -2.47. The summed E-state index contributed by atoms with van der Waals surface area (Å²) in [6.45, 7) is -1.09. The van der Waals surface area contributed by atoms with Crippen LogP contribution in [-0.4, -0.2) is 68.8 Å². The molecule has 1 saturated heterocycles. The molecule has 6 N–H and O–H groups in total. The van der Waals surface area contributed by atoms with Crippen LogP contribution < -0.4 is 5.48 Å². The Balaban J connectivity index is 1.89. The summed E-state index contributed by atoms with van der Waals surface area (Å²) in [4.78, 5) is 15.7.